The van der Waals surface area contributed by atoms with E-state index in [2.05, 4.69) is 10.9 Å². The van der Waals surface area contributed by atoms with Gasteiger partial charge >= 0.3 is 0 Å². The number of anilines is 1. The molecule has 1 aliphatic heterocycles. The minimum absolute atomic E-state index is 0. The zero-order valence-electron chi connectivity index (χ0n) is 17.3. The van der Waals surface area contributed by atoms with Gasteiger partial charge in [0, 0.05) is 38.3 Å². The van der Waals surface area contributed by atoms with Crippen molar-refractivity contribution in [2.24, 2.45) is 0 Å². The number of hydrogen-bond acceptors (Lipinski definition) is 6. The Labute approximate surface area is 202 Å². The number of terminal acetylenes is 1. The average Bonchev–Trinajstić information content (AvgIpc) is 3.06. The quantitative estimate of drug-likeness (QED) is 0.485. The van der Waals surface area contributed by atoms with Crippen molar-refractivity contribution >= 4 is 37.8 Å². The molecule has 155 valence electrons. The summed E-state index contributed by atoms with van der Waals surface area (Å²) in [6, 6.07) is 6.96. The molecule has 1 aromatic heterocycles. The summed E-state index contributed by atoms with van der Waals surface area (Å²) in [4.78, 5) is 4.35. The first-order chi connectivity index (χ1) is 12.9. The van der Waals surface area contributed by atoms with Gasteiger partial charge in [-0.05, 0) is 19.4 Å². The van der Waals surface area contributed by atoms with Gasteiger partial charge in [-0.3, -0.25) is 0 Å². The first-order valence-electron chi connectivity index (χ1n) is 8.51. The number of benzene rings is 1. The summed E-state index contributed by atoms with van der Waals surface area (Å²) in [5.41, 5.74) is 1.16. The van der Waals surface area contributed by atoms with E-state index in [0.29, 0.717) is 17.0 Å². The summed E-state index contributed by atoms with van der Waals surface area (Å²) in [6.45, 7) is 7.77. The molecule has 0 bridgehead atoms. The third-order valence-electron chi connectivity index (χ3n) is 3.70. The standard InChI is InChI=1S/C17H16N2O4S2.C2H6.CH3.Y/c1-4-10-19-16-14(24-17(18-16)23-5-2)13(20)15(25(19,21)22)12-9-7-6-8-11(12)3;1-2;;/h1,6-9,20H,5,10H2,2-3H3;1-2H3;1H3;/q;;-1;. The molecular weight excluding hydrogens is 485 g/mol. The Kier molecular flexibility index (Phi) is 11.1. The van der Waals surface area contributed by atoms with Crippen molar-refractivity contribution < 1.29 is 51.0 Å². The van der Waals surface area contributed by atoms with Gasteiger partial charge in [-0.15, -0.1) is 6.42 Å². The Bertz CT molecular complexity index is 1010. The summed E-state index contributed by atoms with van der Waals surface area (Å²) in [5, 5.41) is 11.0. The first-order valence-corrected chi connectivity index (χ1v) is 10.8. The number of aliphatic hydroxyl groups is 1. The minimum atomic E-state index is -4.06. The number of nitrogens with zero attached hydrogens (tertiary/aromatic N) is 2. The second-order valence-corrected chi connectivity index (χ2v) is 8.03. The average molecular weight is 510 g/mol. The predicted molar refractivity (Wildman–Crippen MR) is 117 cm³/mol. The predicted octanol–water partition coefficient (Wildman–Crippen LogP) is 4.49. The Morgan fingerprint density at radius 3 is 2.48 bits per heavy atom. The molecule has 29 heavy (non-hydrogen) atoms. The molecule has 0 fully saturated rings. The molecule has 0 saturated carbocycles. The van der Waals surface area contributed by atoms with E-state index in [1.54, 1.807) is 38.1 Å². The maximum absolute atomic E-state index is 13.1. The van der Waals surface area contributed by atoms with E-state index in [4.69, 9.17) is 11.2 Å². The van der Waals surface area contributed by atoms with Gasteiger partial charge in [0.2, 0.25) is 0 Å². The number of aliphatic hydroxyl groups excluding tert-OH is 1. The van der Waals surface area contributed by atoms with Crippen LogP contribution in [0.5, 0.6) is 5.19 Å². The molecule has 0 amide bonds. The van der Waals surface area contributed by atoms with Crippen LogP contribution >= 0.6 is 11.3 Å². The second-order valence-electron chi connectivity index (χ2n) is 5.27. The fourth-order valence-corrected chi connectivity index (χ4v) is 5.32. The Morgan fingerprint density at radius 1 is 1.31 bits per heavy atom. The second kappa shape index (κ2) is 11.7. The number of ether oxygens (including phenoxy) is 1. The van der Waals surface area contributed by atoms with Crippen molar-refractivity contribution in [2.75, 3.05) is 17.5 Å². The van der Waals surface area contributed by atoms with Crippen LogP contribution < -0.4 is 9.04 Å². The van der Waals surface area contributed by atoms with E-state index < -0.39 is 10.0 Å². The Hall–Kier alpha value is -1.40. The first kappa shape index (κ1) is 27.6. The molecular formula is C20H25N2O4S2Y-. The van der Waals surface area contributed by atoms with E-state index >= 15 is 0 Å². The van der Waals surface area contributed by atoms with Gasteiger partial charge in [0.15, 0.2) is 11.6 Å². The van der Waals surface area contributed by atoms with Crippen LogP contribution in [0.25, 0.3) is 10.7 Å². The Morgan fingerprint density at radius 2 is 1.93 bits per heavy atom. The van der Waals surface area contributed by atoms with Crippen LogP contribution in [0.4, 0.5) is 5.82 Å². The third kappa shape index (κ3) is 5.21. The van der Waals surface area contributed by atoms with Crippen molar-refractivity contribution in [2.45, 2.75) is 27.7 Å². The van der Waals surface area contributed by atoms with Gasteiger partial charge < -0.3 is 17.3 Å². The normalized spacial score (nSPS) is 13.7. The molecule has 0 atom stereocenters. The summed E-state index contributed by atoms with van der Waals surface area (Å²) in [5.74, 6) is 2.11. The van der Waals surface area contributed by atoms with Crippen LogP contribution in [0.1, 0.15) is 36.8 Å². The number of aryl methyl sites for hydroxylation is 1. The van der Waals surface area contributed by atoms with E-state index in [1.807, 2.05) is 13.8 Å². The largest absolute Gasteiger partial charge is 0.505 e. The van der Waals surface area contributed by atoms with Crippen LogP contribution in [0.3, 0.4) is 0 Å². The number of aromatic nitrogens is 1. The SMILES string of the molecule is C#CCN1c2nc(OCC)sc2C(O)=C(c2ccccc2C)S1(=O)=O.CC.[CH3-].[Y]. The van der Waals surface area contributed by atoms with E-state index in [1.165, 1.54) is 0 Å². The molecule has 0 aliphatic carbocycles. The van der Waals surface area contributed by atoms with Gasteiger partial charge in [0.25, 0.3) is 15.2 Å². The molecule has 0 saturated heterocycles. The number of sulfonamides is 1. The Balaban J connectivity index is 0.00000190. The smallest absolute Gasteiger partial charge is 0.275 e. The molecule has 1 radical (unpaired) electrons. The van der Waals surface area contributed by atoms with Crippen molar-refractivity contribution in [1.82, 2.24) is 4.98 Å². The van der Waals surface area contributed by atoms with Gasteiger partial charge in [-0.1, -0.05) is 55.4 Å². The van der Waals surface area contributed by atoms with Crippen LogP contribution in [0.15, 0.2) is 24.3 Å². The van der Waals surface area contributed by atoms with Crippen molar-refractivity contribution in [3.05, 3.63) is 47.7 Å². The molecule has 2 heterocycles. The summed E-state index contributed by atoms with van der Waals surface area (Å²) >= 11 is 1.09. The molecule has 3 rings (SSSR count). The molecule has 2 aromatic rings. The summed E-state index contributed by atoms with van der Waals surface area (Å²) < 4.78 is 32.7. The molecule has 1 N–H and O–H groups in total. The van der Waals surface area contributed by atoms with E-state index in [9.17, 15) is 13.5 Å². The fourth-order valence-electron chi connectivity index (χ4n) is 2.59. The summed E-state index contributed by atoms with van der Waals surface area (Å²) in [7, 11) is -4.06. The molecule has 1 aromatic carbocycles. The number of fused-ring (bicyclic) bond motifs is 1. The zero-order chi connectivity index (χ0) is 20.2. The fraction of sp³-hybridized carbons (Fsp3) is 0.300. The van der Waals surface area contributed by atoms with Crippen molar-refractivity contribution in [3.8, 4) is 17.5 Å². The molecule has 0 spiro atoms. The maximum atomic E-state index is 13.1. The van der Waals surface area contributed by atoms with Crippen molar-refractivity contribution in [3.63, 3.8) is 0 Å². The van der Waals surface area contributed by atoms with Gasteiger partial charge in [-0.2, -0.15) is 4.98 Å². The molecule has 6 nitrogen and oxygen atoms in total. The minimum Gasteiger partial charge on any atom is -0.505 e. The molecule has 0 unspecified atom stereocenters. The van der Waals surface area contributed by atoms with Crippen LogP contribution in [-0.2, 0) is 42.7 Å². The van der Waals surface area contributed by atoms with Crippen molar-refractivity contribution in [1.29, 1.82) is 0 Å². The van der Waals surface area contributed by atoms with Gasteiger partial charge in [0.1, 0.15) is 9.78 Å². The summed E-state index contributed by atoms with van der Waals surface area (Å²) in [6.07, 6.45) is 5.36. The van der Waals surface area contributed by atoms with E-state index in [0.717, 1.165) is 21.2 Å². The van der Waals surface area contributed by atoms with Crippen LogP contribution in [0.2, 0.25) is 0 Å². The third-order valence-corrected chi connectivity index (χ3v) is 6.47. The van der Waals surface area contributed by atoms with E-state index in [-0.39, 0.29) is 68.4 Å². The number of thiazole rings is 1. The monoisotopic (exact) mass is 510 g/mol. The van der Waals surface area contributed by atoms with Gasteiger partial charge in [-0.25, -0.2) is 12.7 Å². The van der Waals surface area contributed by atoms with Gasteiger partial charge in [0.05, 0.1) is 13.2 Å². The molecule has 9 heteroatoms. The van der Waals surface area contributed by atoms with Crippen LogP contribution in [0, 0.1) is 26.7 Å². The van der Waals surface area contributed by atoms with Crippen LogP contribution in [-0.4, -0.2) is 31.7 Å². The zero-order valence-corrected chi connectivity index (χ0v) is 21.7. The number of rotatable bonds is 4. The molecule has 1 aliphatic rings. The number of hydrogen-bond donors (Lipinski definition) is 1. The topological polar surface area (TPSA) is 79.7 Å². The maximum Gasteiger partial charge on any atom is 0.275 e.